The van der Waals surface area contributed by atoms with Crippen molar-refractivity contribution in [2.24, 2.45) is 0 Å². The summed E-state index contributed by atoms with van der Waals surface area (Å²) in [6.45, 7) is 0.568. The first-order valence-corrected chi connectivity index (χ1v) is 12.0. The molecule has 0 saturated heterocycles. The van der Waals surface area contributed by atoms with E-state index in [1.54, 1.807) is 0 Å². The van der Waals surface area contributed by atoms with Crippen LogP contribution >= 0.6 is 0 Å². The molecule has 0 aliphatic heterocycles. The smallest absolute Gasteiger partial charge is 0.220 e. The van der Waals surface area contributed by atoms with Crippen LogP contribution in [0.3, 0.4) is 0 Å². The Hall–Kier alpha value is -2.40. The van der Waals surface area contributed by atoms with Crippen molar-refractivity contribution in [3.63, 3.8) is 0 Å². The van der Waals surface area contributed by atoms with Crippen molar-refractivity contribution in [1.82, 2.24) is 5.32 Å². The Morgan fingerprint density at radius 1 is 0.875 bits per heavy atom. The number of hydrogen-bond acceptors (Lipinski definition) is 3. The van der Waals surface area contributed by atoms with Gasteiger partial charge in [0.15, 0.2) is 0 Å². The molecule has 2 aromatic carbocycles. The summed E-state index contributed by atoms with van der Waals surface area (Å²) in [4.78, 5) is 23.1. The van der Waals surface area contributed by atoms with E-state index >= 15 is 0 Å². The van der Waals surface area contributed by atoms with Crippen molar-refractivity contribution in [3.05, 3.63) is 48.0 Å². The van der Waals surface area contributed by atoms with E-state index in [1.165, 1.54) is 42.0 Å². The van der Waals surface area contributed by atoms with Gasteiger partial charge < -0.3 is 19.7 Å². The molecule has 0 saturated carbocycles. The molecule has 176 valence electrons. The van der Waals surface area contributed by atoms with Crippen LogP contribution in [0.2, 0.25) is 0 Å². The third kappa shape index (κ3) is 10.3. The minimum atomic E-state index is -1.12. The van der Waals surface area contributed by atoms with Crippen molar-refractivity contribution in [2.75, 3.05) is 27.7 Å². The number of carboxylic acids is 1. The number of likely N-dealkylation sites (N-methyl/N-ethyl adjacent to an activating group) is 1. The standard InChI is InChI=1S/C27H40N2O3/c1-29(2,3)21-24(20-27(31)32)28-26(30)19-10-8-6-4-5-7-9-14-22-16-13-17-23-15-11-12-18-25(22)23/h11-13,15-18,24H,4-10,14,19-21H2,1-3H3,(H-,28,30,31,32)/t24-/m1/s1. The summed E-state index contributed by atoms with van der Waals surface area (Å²) in [5, 5.41) is 16.5. The summed E-state index contributed by atoms with van der Waals surface area (Å²) in [7, 11) is 5.95. The number of carbonyl (C=O) groups excluding carboxylic acids is 2. The van der Waals surface area contributed by atoms with Gasteiger partial charge in [-0.25, -0.2) is 0 Å². The highest BCUT2D eigenvalue weighted by atomic mass is 16.4. The zero-order chi connectivity index (χ0) is 23.4. The maximum absolute atomic E-state index is 12.2. The van der Waals surface area contributed by atoms with Crippen LogP contribution in [0, 0.1) is 0 Å². The molecule has 0 bridgehead atoms. The van der Waals surface area contributed by atoms with E-state index in [9.17, 15) is 14.7 Å². The van der Waals surface area contributed by atoms with Crippen molar-refractivity contribution < 1.29 is 19.2 Å². The van der Waals surface area contributed by atoms with Crippen LogP contribution in [0.15, 0.2) is 42.5 Å². The largest absolute Gasteiger partial charge is 0.550 e. The number of aryl methyl sites for hydroxylation is 1. The third-order valence-electron chi connectivity index (χ3n) is 5.78. The topological polar surface area (TPSA) is 69.2 Å². The lowest BCUT2D eigenvalue weighted by Crippen LogP contribution is -2.50. The second-order valence-electron chi connectivity index (χ2n) is 9.93. The van der Waals surface area contributed by atoms with Gasteiger partial charge in [-0.1, -0.05) is 74.6 Å². The number of benzene rings is 2. The van der Waals surface area contributed by atoms with Gasteiger partial charge in [-0.15, -0.1) is 0 Å². The quantitative estimate of drug-likeness (QED) is 0.338. The third-order valence-corrected chi connectivity index (χ3v) is 5.78. The van der Waals surface area contributed by atoms with E-state index in [2.05, 4.69) is 47.8 Å². The minimum absolute atomic E-state index is 0.0558. The Balaban J connectivity index is 1.55. The predicted molar refractivity (Wildman–Crippen MR) is 129 cm³/mol. The molecule has 2 aromatic rings. The molecule has 0 radical (unpaired) electrons. The number of quaternary nitrogens is 1. The Labute approximate surface area is 193 Å². The highest BCUT2D eigenvalue weighted by Crippen LogP contribution is 2.20. The number of amides is 1. The zero-order valence-corrected chi connectivity index (χ0v) is 20.1. The van der Waals surface area contributed by atoms with Crippen LogP contribution in [-0.4, -0.2) is 50.1 Å². The van der Waals surface area contributed by atoms with Gasteiger partial charge in [-0.3, -0.25) is 4.79 Å². The van der Waals surface area contributed by atoms with Crippen LogP contribution in [-0.2, 0) is 16.0 Å². The first-order chi connectivity index (χ1) is 15.2. The van der Waals surface area contributed by atoms with E-state index in [0.29, 0.717) is 17.4 Å². The second-order valence-corrected chi connectivity index (χ2v) is 9.93. The molecule has 0 fully saturated rings. The first kappa shape index (κ1) is 25.9. The Morgan fingerprint density at radius 3 is 2.19 bits per heavy atom. The molecule has 5 heteroatoms. The number of nitrogens with zero attached hydrogens (tertiary/aromatic N) is 1. The van der Waals surface area contributed by atoms with Gasteiger partial charge in [-0.05, 0) is 35.6 Å². The number of unbranched alkanes of at least 4 members (excludes halogenated alkanes) is 6. The summed E-state index contributed by atoms with van der Waals surface area (Å²) in [5.41, 5.74) is 1.44. The monoisotopic (exact) mass is 440 g/mol. The molecule has 0 heterocycles. The van der Waals surface area contributed by atoms with Crippen molar-refractivity contribution in [1.29, 1.82) is 0 Å². The molecule has 1 amide bonds. The van der Waals surface area contributed by atoms with Crippen LogP contribution in [0.5, 0.6) is 0 Å². The molecule has 1 N–H and O–H groups in total. The van der Waals surface area contributed by atoms with Crippen LogP contribution < -0.4 is 10.4 Å². The Bertz CT molecular complexity index is 852. The lowest BCUT2D eigenvalue weighted by molar-refractivity contribution is -0.871. The molecule has 32 heavy (non-hydrogen) atoms. The molecule has 2 rings (SSSR count). The summed E-state index contributed by atoms with van der Waals surface area (Å²) < 4.78 is 0.596. The Morgan fingerprint density at radius 2 is 1.50 bits per heavy atom. The fourth-order valence-corrected chi connectivity index (χ4v) is 4.32. The van der Waals surface area contributed by atoms with Gasteiger partial charge in [0, 0.05) is 18.8 Å². The summed E-state index contributed by atoms with van der Waals surface area (Å²) in [6.07, 6.45) is 9.36. The number of carboxylic acid groups (broad SMARTS) is 1. The molecule has 5 nitrogen and oxygen atoms in total. The van der Waals surface area contributed by atoms with E-state index < -0.39 is 5.97 Å². The first-order valence-electron chi connectivity index (χ1n) is 12.0. The van der Waals surface area contributed by atoms with Crippen LogP contribution in [0.25, 0.3) is 10.8 Å². The average Bonchev–Trinajstić information content (AvgIpc) is 2.70. The van der Waals surface area contributed by atoms with E-state index in [4.69, 9.17) is 0 Å². The SMILES string of the molecule is C[N+](C)(C)C[C@@H](CC(=O)[O-])NC(=O)CCCCCCCCCc1cccc2ccccc12. The second kappa shape index (κ2) is 13.2. The number of nitrogens with one attached hydrogen (secondary N) is 1. The maximum Gasteiger partial charge on any atom is 0.220 e. The lowest BCUT2D eigenvalue weighted by Gasteiger charge is -2.30. The molecular formula is C27H40N2O3. The summed E-state index contributed by atoms with van der Waals surface area (Å²) >= 11 is 0. The summed E-state index contributed by atoms with van der Waals surface area (Å²) in [5.74, 6) is -1.18. The molecule has 0 aromatic heterocycles. The number of carbonyl (C=O) groups is 2. The van der Waals surface area contributed by atoms with E-state index in [0.717, 1.165) is 25.7 Å². The van der Waals surface area contributed by atoms with Crippen LogP contribution in [0.4, 0.5) is 0 Å². The predicted octanol–water partition coefficient (Wildman–Crippen LogP) is 3.83. The molecular weight excluding hydrogens is 400 g/mol. The van der Waals surface area contributed by atoms with Crippen molar-refractivity contribution >= 4 is 22.6 Å². The lowest BCUT2D eigenvalue weighted by atomic mass is 9.99. The molecule has 0 aliphatic rings. The van der Waals surface area contributed by atoms with E-state index in [1.807, 2.05) is 21.1 Å². The van der Waals surface area contributed by atoms with Gasteiger partial charge in [-0.2, -0.15) is 0 Å². The minimum Gasteiger partial charge on any atom is -0.550 e. The van der Waals surface area contributed by atoms with Gasteiger partial charge in [0.05, 0.1) is 33.7 Å². The fraction of sp³-hybridized carbons (Fsp3) is 0.556. The molecule has 0 aliphatic carbocycles. The Kier molecular flexibility index (Phi) is 10.7. The number of fused-ring (bicyclic) bond motifs is 1. The van der Waals surface area contributed by atoms with E-state index in [-0.39, 0.29) is 18.4 Å². The normalized spacial score (nSPS) is 12.6. The summed E-state index contributed by atoms with van der Waals surface area (Å²) in [6, 6.07) is 14.8. The van der Waals surface area contributed by atoms with Crippen molar-refractivity contribution in [3.8, 4) is 0 Å². The number of rotatable bonds is 15. The molecule has 0 spiro atoms. The average molecular weight is 441 g/mol. The van der Waals surface area contributed by atoms with Gasteiger partial charge in [0.2, 0.25) is 5.91 Å². The number of hydrogen-bond donors (Lipinski definition) is 1. The zero-order valence-electron chi connectivity index (χ0n) is 20.1. The highest BCUT2D eigenvalue weighted by molar-refractivity contribution is 5.85. The maximum atomic E-state index is 12.2. The van der Waals surface area contributed by atoms with Gasteiger partial charge in [0.1, 0.15) is 0 Å². The highest BCUT2D eigenvalue weighted by Gasteiger charge is 2.20. The molecule has 1 atom stereocenters. The fourth-order valence-electron chi connectivity index (χ4n) is 4.32. The van der Waals surface area contributed by atoms with Gasteiger partial charge >= 0.3 is 0 Å². The number of aliphatic carboxylic acids is 1. The van der Waals surface area contributed by atoms with Gasteiger partial charge in [0.25, 0.3) is 0 Å². The van der Waals surface area contributed by atoms with Crippen molar-refractivity contribution in [2.45, 2.75) is 70.3 Å². The van der Waals surface area contributed by atoms with Crippen LogP contribution in [0.1, 0.15) is 63.4 Å². The molecule has 0 unspecified atom stereocenters.